The Balaban J connectivity index is 2.04. The van der Waals surface area contributed by atoms with Crippen molar-refractivity contribution in [3.05, 3.63) is 32.5 Å². The van der Waals surface area contributed by atoms with Gasteiger partial charge in [-0.2, -0.15) is 0 Å². The molecule has 1 N–H and O–H groups in total. The van der Waals surface area contributed by atoms with Gasteiger partial charge in [-0.1, -0.05) is 23.2 Å². The molecular weight excluding hydrogens is 311 g/mol. The van der Waals surface area contributed by atoms with Crippen LogP contribution in [0.5, 0.6) is 0 Å². The van der Waals surface area contributed by atoms with Crippen molar-refractivity contribution >= 4 is 40.1 Å². The van der Waals surface area contributed by atoms with E-state index in [1.54, 1.807) is 12.1 Å². The third kappa shape index (κ3) is 3.00. The van der Waals surface area contributed by atoms with Crippen LogP contribution in [-0.4, -0.2) is 48.1 Å². The second kappa shape index (κ2) is 5.83. The molecule has 3 rings (SSSR count). The molecule has 1 saturated heterocycles. The molecule has 0 saturated carbocycles. The number of fused-ring (bicyclic) bond motifs is 1. The number of aromatic amines is 1. The summed E-state index contributed by atoms with van der Waals surface area (Å²) in [7, 11) is 2.09. The van der Waals surface area contributed by atoms with Gasteiger partial charge in [0.05, 0.1) is 21.1 Å². The van der Waals surface area contributed by atoms with Crippen LogP contribution in [0.15, 0.2) is 16.9 Å². The minimum absolute atomic E-state index is 0.189. The Labute approximate surface area is 132 Å². The number of rotatable bonds is 1. The Morgan fingerprint density at radius 3 is 2.71 bits per heavy atom. The molecule has 7 heteroatoms. The summed E-state index contributed by atoms with van der Waals surface area (Å²) < 4.78 is 0. The SMILES string of the molecule is CN1CCCN(c2nc3cc(Cl)c(Cl)cc3[nH]c2=O)CC1. The first-order valence-electron chi connectivity index (χ1n) is 6.87. The van der Waals surface area contributed by atoms with Crippen molar-refractivity contribution in [2.24, 2.45) is 0 Å². The van der Waals surface area contributed by atoms with E-state index in [2.05, 4.69) is 21.9 Å². The van der Waals surface area contributed by atoms with Crippen molar-refractivity contribution in [3.63, 3.8) is 0 Å². The fourth-order valence-corrected chi connectivity index (χ4v) is 2.87. The first-order valence-corrected chi connectivity index (χ1v) is 7.63. The highest BCUT2D eigenvalue weighted by Crippen LogP contribution is 2.26. The van der Waals surface area contributed by atoms with Crippen molar-refractivity contribution in [1.29, 1.82) is 0 Å². The minimum Gasteiger partial charge on any atom is -0.351 e. The van der Waals surface area contributed by atoms with Gasteiger partial charge in [-0.3, -0.25) is 4.79 Å². The topological polar surface area (TPSA) is 52.2 Å². The van der Waals surface area contributed by atoms with Crippen LogP contribution >= 0.6 is 23.2 Å². The Morgan fingerprint density at radius 1 is 1.14 bits per heavy atom. The zero-order chi connectivity index (χ0) is 15.0. The largest absolute Gasteiger partial charge is 0.351 e. The summed E-state index contributed by atoms with van der Waals surface area (Å²) >= 11 is 12.0. The van der Waals surface area contributed by atoms with E-state index in [0.29, 0.717) is 26.9 Å². The molecule has 1 aromatic carbocycles. The molecule has 2 aromatic rings. The molecule has 0 spiro atoms. The fourth-order valence-electron chi connectivity index (χ4n) is 2.54. The normalized spacial score (nSPS) is 17.2. The van der Waals surface area contributed by atoms with Crippen LogP contribution in [0.3, 0.4) is 0 Å². The number of likely N-dealkylation sites (N-methyl/N-ethyl adjacent to an activating group) is 1. The van der Waals surface area contributed by atoms with Gasteiger partial charge >= 0.3 is 0 Å². The van der Waals surface area contributed by atoms with Gasteiger partial charge in [-0.15, -0.1) is 0 Å². The first kappa shape index (κ1) is 14.6. The maximum absolute atomic E-state index is 12.3. The molecule has 1 aromatic heterocycles. The number of aromatic nitrogens is 2. The minimum atomic E-state index is -0.189. The maximum atomic E-state index is 12.3. The van der Waals surface area contributed by atoms with E-state index in [-0.39, 0.29) is 5.56 Å². The summed E-state index contributed by atoms with van der Waals surface area (Å²) in [6, 6.07) is 3.32. The van der Waals surface area contributed by atoms with E-state index in [0.717, 1.165) is 32.6 Å². The Kier molecular flexibility index (Phi) is 4.06. The number of nitrogens with one attached hydrogen (secondary N) is 1. The molecule has 0 unspecified atom stereocenters. The van der Waals surface area contributed by atoms with Crippen molar-refractivity contribution in [1.82, 2.24) is 14.9 Å². The molecule has 5 nitrogen and oxygen atoms in total. The molecule has 112 valence electrons. The number of hydrogen-bond acceptors (Lipinski definition) is 4. The van der Waals surface area contributed by atoms with Gasteiger partial charge in [0.25, 0.3) is 5.56 Å². The summed E-state index contributed by atoms with van der Waals surface area (Å²) in [5, 5.41) is 0.844. The first-order chi connectivity index (χ1) is 10.0. The smallest absolute Gasteiger partial charge is 0.291 e. The lowest BCUT2D eigenvalue weighted by atomic mass is 10.3. The van der Waals surface area contributed by atoms with E-state index >= 15 is 0 Å². The van der Waals surface area contributed by atoms with Crippen LogP contribution in [0.4, 0.5) is 5.82 Å². The zero-order valence-electron chi connectivity index (χ0n) is 11.7. The lowest BCUT2D eigenvalue weighted by molar-refractivity contribution is 0.360. The number of halogens is 2. The predicted molar refractivity (Wildman–Crippen MR) is 86.7 cm³/mol. The lowest BCUT2D eigenvalue weighted by Crippen LogP contribution is -2.33. The predicted octanol–water partition coefficient (Wildman–Crippen LogP) is 2.37. The van der Waals surface area contributed by atoms with Crippen LogP contribution in [0.1, 0.15) is 6.42 Å². The molecule has 0 atom stereocenters. The highest BCUT2D eigenvalue weighted by molar-refractivity contribution is 6.42. The van der Waals surface area contributed by atoms with Crippen molar-refractivity contribution < 1.29 is 0 Å². The highest BCUT2D eigenvalue weighted by atomic mass is 35.5. The molecule has 2 heterocycles. The summed E-state index contributed by atoms with van der Waals surface area (Å²) in [6.07, 6.45) is 1.01. The van der Waals surface area contributed by atoms with Crippen molar-refractivity contribution in [2.45, 2.75) is 6.42 Å². The zero-order valence-corrected chi connectivity index (χ0v) is 13.2. The molecule has 0 bridgehead atoms. The number of anilines is 1. The quantitative estimate of drug-likeness (QED) is 0.874. The molecular formula is C14H16Cl2N4O. The number of nitrogens with zero attached hydrogens (tertiary/aromatic N) is 3. The van der Waals surface area contributed by atoms with E-state index < -0.39 is 0 Å². The monoisotopic (exact) mass is 326 g/mol. The summed E-state index contributed by atoms with van der Waals surface area (Å²) in [5.74, 6) is 0.455. The van der Waals surface area contributed by atoms with Crippen LogP contribution in [0.2, 0.25) is 10.0 Å². The number of benzene rings is 1. The van der Waals surface area contributed by atoms with Gasteiger partial charge in [-0.25, -0.2) is 4.98 Å². The molecule has 1 aliphatic rings. The molecule has 1 aliphatic heterocycles. The van der Waals surface area contributed by atoms with Crippen LogP contribution in [-0.2, 0) is 0 Å². The average molecular weight is 327 g/mol. The Morgan fingerprint density at radius 2 is 1.90 bits per heavy atom. The maximum Gasteiger partial charge on any atom is 0.291 e. The summed E-state index contributed by atoms with van der Waals surface area (Å²) in [5.41, 5.74) is 1.06. The van der Waals surface area contributed by atoms with Gasteiger partial charge < -0.3 is 14.8 Å². The van der Waals surface area contributed by atoms with Crippen molar-refractivity contribution in [3.8, 4) is 0 Å². The summed E-state index contributed by atoms with van der Waals surface area (Å²) in [4.78, 5) is 23.9. The second-order valence-corrected chi connectivity index (χ2v) is 6.13. The number of hydrogen-bond donors (Lipinski definition) is 1. The van der Waals surface area contributed by atoms with Gasteiger partial charge in [0, 0.05) is 19.6 Å². The summed E-state index contributed by atoms with van der Waals surface area (Å²) in [6.45, 7) is 3.57. The Hall–Kier alpha value is -1.30. The molecule has 0 radical (unpaired) electrons. The van der Waals surface area contributed by atoms with Gasteiger partial charge in [0.2, 0.25) is 0 Å². The lowest BCUT2D eigenvalue weighted by Gasteiger charge is -2.20. The molecule has 0 amide bonds. The molecule has 0 aliphatic carbocycles. The van der Waals surface area contributed by atoms with Crippen molar-refractivity contribution in [2.75, 3.05) is 38.1 Å². The standard InChI is InChI=1S/C14H16Cl2N4O/c1-19-3-2-4-20(6-5-19)13-14(21)18-12-8-10(16)9(15)7-11(12)17-13/h7-8H,2-6H2,1H3,(H,18,21). The third-order valence-corrected chi connectivity index (χ3v) is 4.46. The van der Waals surface area contributed by atoms with E-state index in [1.807, 2.05) is 4.90 Å². The van der Waals surface area contributed by atoms with Gasteiger partial charge in [0.15, 0.2) is 5.82 Å². The van der Waals surface area contributed by atoms with E-state index in [1.165, 1.54) is 0 Å². The fraction of sp³-hybridized carbons (Fsp3) is 0.429. The van der Waals surface area contributed by atoms with Gasteiger partial charge in [0.1, 0.15) is 0 Å². The highest BCUT2D eigenvalue weighted by Gasteiger charge is 2.17. The van der Waals surface area contributed by atoms with Crippen LogP contribution in [0, 0.1) is 0 Å². The average Bonchev–Trinajstić information content (AvgIpc) is 2.65. The second-order valence-electron chi connectivity index (χ2n) is 5.32. The van der Waals surface area contributed by atoms with Gasteiger partial charge in [-0.05, 0) is 32.1 Å². The molecule has 21 heavy (non-hydrogen) atoms. The third-order valence-electron chi connectivity index (χ3n) is 3.74. The van der Waals surface area contributed by atoms with E-state index in [4.69, 9.17) is 23.2 Å². The van der Waals surface area contributed by atoms with E-state index in [9.17, 15) is 4.79 Å². The molecule has 1 fully saturated rings. The number of H-pyrrole nitrogens is 1. The Bertz CT molecular complexity index is 731. The van der Waals surface area contributed by atoms with Crippen LogP contribution < -0.4 is 10.5 Å². The van der Waals surface area contributed by atoms with Crippen LogP contribution in [0.25, 0.3) is 11.0 Å².